The Morgan fingerprint density at radius 3 is 2.89 bits per heavy atom. The molecule has 2 aromatic heterocycles. The number of hydrogen-bond acceptors (Lipinski definition) is 4. The van der Waals surface area contributed by atoms with E-state index in [4.69, 9.17) is 4.42 Å². The van der Waals surface area contributed by atoms with E-state index in [0.717, 1.165) is 33.2 Å². The van der Waals surface area contributed by atoms with Gasteiger partial charge in [0.15, 0.2) is 0 Å². The maximum absolute atomic E-state index is 12.6. The minimum absolute atomic E-state index is 0.0198. The van der Waals surface area contributed by atoms with Crippen LogP contribution in [0.15, 0.2) is 52.3 Å². The zero-order valence-electron chi connectivity index (χ0n) is 15.0. The Kier molecular flexibility index (Phi) is 4.81. The summed E-state index contributed by atoms with van der Waals surface area (Å²) in [4.78, 5) is 26.8. The van der Waals surface area contributed by atoms with Crippen molar-refractivity contribution in [1.82, 2.24) is 4.90 Å². The monoisotopic (exact) mass is 380 g/mol. The van der Waals surface area contributed by atoms with Gasteiger partial charge in [0.1, 0.15) is 11.5 Å². The third-order valence-electron chi connectivity index (χ3n) is 4.64. The number of carbonyl (C=O) groups is 2. The molecule has 5 nitrogen and oxygen atoms in total. The van der Waals surface area contributed by atoms with Gasteiger partial charge in [0.05, 0.1) is 4.88 Å². The Bertz CT molecular complexity index is 975. The molecule has 1 N–H and O–H groups in total. The Labute approximate surface area is 161 Å². The molecule has 0 saturated heterocycles. The summed E-state index contributed by atoms with van der Waals surface area (Å²) in [5, 5.41) is 4.79. The summed E-state index contributed by atoms with van der Waals surface area (Å²) in [7, 11) is 0. The standard InChI is InChI=1S/C21H20N2O3S/c1-2-20(24)22-16-6-3-5-14(11-16)18-12-15-13-23(9-8-17(15)26-18)21(25)19-7-4-10-27-19/h3-7,10-12H,2,8-9,13H2,1H3,(H,22,24). The van der Waals surface area contributed by atoms with Crippen LogP contribution >= 0.6 is 11.3 Å². The average Bonchev–Trinajstić information content (AvgIpc) is 3.36. The van der Waals surface area contributed by atoms with E-state index in [0.29, 0.717) is 25.9 Å². The highest BCUT2D eigenvalue weighted by molar-refractivity contribution is 7.12. The molecule has 0 atom stereocenters. The van der Waals surface area contributed by atoms with Crippen molar-refractivity contribution in [1.29, 1.82) is 0 Å². The summed E-state index contributed by atoms with van der Waals surface area (Å²) in [6, 6.07) is 13.4. The molecular weight excluding hydrogens is 360 g/mol. The van der Waals surface area contributed by atoms with Crippen LogP contribution in [0.4, 0.5) is 5.69 Å². The summed E-state index contributed by atoms with van der Waals surface area (Å²) in [5.74, 6) is 1.75. The van der Waals surface area contributed by atoms with Crippen molar-refractivity contribution in [3.8, 4) is 11.3 Å². The fraction of sp³-hybridized carbons (Fsp3) is 0.238. The van der Waals surface area contributed by atoms with E-state index >= 15 is 0 Å². The molecule has 0 radical (unpaired) electrons. The molecule has 1 aromatic carbocycles. The maximum atomic E-state index is 12.6. The van der Waals surface area contributed by atoms with Crippen molar-refractivity contribution < 1.29 is 14.0 Å². The average molecular weight is 380 g/mol. The molecule has 0 saturated carbocycles. The molecule has 2 amide bonds. The first-order valence-electron chi connectivity index (χ1n) is 8.98. The summed E-state index contributed by atoms with van der Waals surface area (Å²) in [6.07, 6.45) is 1.14. The van der Waals surface area contributed by atoms with Crippen LogP contribution in [0.25, 0.3) is 11.3 Å². The summed E-state index contributed by atoms with van der Waals surface area (Å²) in [6.45, 7) is 3.04. The van der Waals surface area contributed by atoms with E-state index in [2.05, 4.69) is 5.32 Å². The van der Waals surface area contributed by atoms with Gasteiger partial charge < -0.3 is 14.6 Å². The highest BCUT2D eigenvalue weighted by Crippen LogP contribution is 2.31. The van der Waals surface area contributed by atoms with Crippen LogP contribution in [0.2, 0.25) is 0 Å². The third kappa shape index (κ3) is 3.66. The summed E-state index contributed by atoms with van der Waals surface area (Å²) < 4.78 is 6.05. The molecule has 0 bridgehead atoms. The van der Waals surface area contributed by atoms with Crippen LogP contribution in [0.3, 0.4) is 0 Å². The van der Waals surface area contributed by atoms with Crippen LogP contribution in [-0.4, -0.2) is 23.3 Å². The van der Waals surface area contributed by atoms with E-state index in [1.165, 1.54) is 11.3 Å². The third-order valence-corrected chi connectivity index (χ3v) is 5.50. The lowest BCUT2D eigenvalue weighted by atomic mass is 10.1. The Balaban J connectivity index is 1.54. The number of thiophene rings is 1. The van der Waals surface area contributed by atoms with Gasteiger partial charge in [-0.25, -0.2) is 0 Å². The first-order chi connectivity index (χ1) is 13.1. The van der Waals surface area contributed by atoms with Gasteiger partial charge >= 0.3 is 0 Å². The number of anilines is 1. The highest BCUT2D eigenvalue weighted by Gasteiger charge is 2.25. The number of carbonyl (C=O) groups excluding carboxylic acids is 2. The van der Waals surface area contributed by atoms with Gasteiger partial charge in [-0.15, -0.1) is 11.3 Å². The highest BCUT2D eigenvalue weighted by atomic mass is 32.1. The van der Waals surface area contributed by atoms with Gasteiger partial charge in [0.25, 0.3) is 5.91 Å². The predicted octanol–water partition coefficient (Wildman–Crippen LogP) is 4.56. The van der Waals surface area contributed by atoms with Crippen LogP contribution in [0, 0.1) is 0 Å². The molecule has 4 rings (SSSR count). The van der Waals surface area contributed by atoms with Crippen LogP contribution < -0.4 is 5.32 Å². The minimum Gasteiger partial charge on any atom is -0.461 e. The lowest BCUT2D eigenvalue weighted by Gasteiger charge is -2.25. The van der Waals surface area contributed by atoms with Crippen molar-refractivity contribution in [2.24, 2.45) is 0 Å². The molecular formula is C21H20N2O3S. The quantitative estimate of drug-likeness (QED) is 0.722. The molecule has 1 aliphatic rings. The van der Waals surface area contributed by atoms with Gasteiger partial charge in [0, 0.05) is 42.7 Å². The van der Waals surface area contributed by atoms with Gasteiger partial charge in [-0.05, 0) is 29.6 Å². The Morgan fingerprint density at radius 1 is 1.22 bits per heavy atom. The number of nitrogens with zero attached hydrogens (tertiary/aromatic N) is 1. The Morgan fingerprint density at radius 2 is 2.11 bits per heavy atom. The smallest absolute Gasteiger partial charge is 0.264 e. The normalized spacial score (nSPS) is 13.3. The number of hydrogen-bond donors (Lipinski definition) is 1. The fourth-order valence-electron chi connectivity index (χ4n) is 3.20. The second-order valence-electron chi connectivity index (χ2n) is 6.50. The topological polar surface area (TPSA) is 62.6 Å². The summed E-state index contributed by atoms with van der Waals surface area (Å²) in [5.41, 5.74) is 2.71. The minimum atomic E-state index is -0.0198. The number of amides is 2. The lowest BCUT2D eigenvalue weighted by molar-refractivity contribution is -0.115. The maximum Gasteiger partial charge on any atom is 0.264 e. The molecule has 27 heavy (non-hydrogen) atoms. The zero-order valence-corrected chi connectivity index (χ0v) is 15.8. The number of benzene rings is 1. The molecule has 138 valence electrons. The SMILES string of the molecule is CCC(=O)Nc1cccc(-c2cc3c(o2)CCN(C(=O)c2cccs2)C3)c1. The largest absolute Gasteiger partial charge is 0.461 e. The number of rotatable bonds is 4. The van der Waals surface area contributed by atoms with Crippen molar-refractivity contribution in [3.63, 3.8) is 0 Å². The van der Waals surface area contributed by atoms with Crippen LogP contribution in [-0.2, 0) is 17.8 Å². The first-order valence-corrected chi connectivity index (χ1v) is 9.86. The van der Waals surface area contributed by atoms with E-state index < -0.39 is 0 Å². The predicted molar refractivity (Wildman–Crippen MR) is 106 cm³/mol. The van der Waals surface area contributed by atoms with Crippen LogP contribution in [0.1, 0.15) is 34.3 Å². The van der Waals surface area contributed by atoms with Crippen molar-refractivity contribution in [3.05, 3.63) is 64.0 Å². The van der Waals surface area contributed by atoms with Crippen molar-refractivity contribution in [2.75, 3.05) is 11.9 Å². The summed E-state index contributed by atoms with van der Waals surface area (Å²) >= 11 is 1.47. The molecule has 1 aliphatic heterocycles. The van der Waals surface area contributed by atoms with Gasteiger partial charge in [-0.1, -0.05) is 25.1 Å². The Hall–Kier alpha value is -2.86. The first kappa shape index (κ1) is 17.5. The second kappa shape index (κ2) is 7.40. The molecule has 0 aliphatic carbocycles. The van der Waals surface area contributed by atoms with Gasteiger partial charge in [0.2, 0.25) is 5.91 Å². The van der Waals surface area contributed by atoms with E-state index in [-0.39, 0.29) is 11.8 Å². The number of furan rings is 1. The number of nitrogens with one attached hydrogen (secondary N) is 1. The number of fused-ring (bicyclic) bond motifs is 1. The molecule has 3 heterocycles. The second-order valence-corrected chi connectivity index (χ2v) is 7.44. The van der Waals surface area contributed by atoms with E-state index in [1.807, 2.05) is 59.7 Å². The molecule has 0 unspecified atom stereocenters. The van der Waals surface area contributed by atoms with Crippen molar-refractivity contribution >= 4 is 28.8 Å². The van der Waals surface area contributed by atoms with E-state index in [1.54, 1.807) is 0 Å². The van der Waals surface area contributed by atoms with Crippen molar-refractivity contribution in [2.45, 2.75) is 26.3 Å². The zero-order chi connectivity index (χ0) is 18.8. The van der Waals surface area contributed by atoms with Gasteiger partial charge in [-0.3, -0.25) is 9.59 Å². The molecule has 0 fully saturated rings. The van der Waals surface area contributed by atoms with Gasteiger partial charge in [-0.2, -0.15) is 0 Å². The van der Waals surface area contributed by atoms with Crippen LogP contribution in [0.5, 0.6) is 0 Å². The lowest BCUT2D eigenvalue weighted by Crippen LogP contribution is -2.35. The molecule has 6 heteroatoms. The molecule has 0 spiro atoms. The molecule has 3 aromatic rings. The fourth-order valence-corrected chi connectivity index (χ4v) is 3.90. The van der Waals surface area contributed by atoms with E-state index in [9.17, 15) is 9.59 Å².